The summed E-state index contributed by atoms with van der Waals surface area (Å²) in [6.45, 7) is 5.68. The molecule has 2 heterocycles. The van der Waals surface area contributed by atoms with E-state index in [0.29, 0.717) is 11.8 Å². The van der Waals surface area contributed by atoms with Crippen LogP contribution in [0.4, 0.5) is 11.8 Å². The van der Waals surface area contributed by atoms with E-state index < -0.39 is 12.0 Å². The van der Waals surface area contributed by atoms with Crippen molar-refractivity contribution in [2.75, 3.05) is 23.3 Å². The van der Waals surface area contributed by atoms with Crippen LogP contribution in [0.15, 0.2) is 12.3 Å². The molecule has 2 rings (SSSR count). The first kappa shape index (κ1) is 14.6. The number of hydrogen-bond donors (Lipinski definition) is 2. The Labute approximate surface area is 119 Å². The molecule has 6 nitrogen and oxygen atoms in total. The Hall–Kier alpha value is -1.85. The van der Waals surface area contributed by atoms with E-state index in [2.05, 4.69) is 20.2 Å². The Morgan fingerprint density at radius 2 is 2.05 bits per heavy atom. The summed E-state index contributed by atoms with van der Waals surface area (Å²) in [6.07, 6.45) is 5.25. The third kappa shape index (κ3) is 3.59. The maximum atomic E-state index is 11.2. The highest BCUT2D eigenvalue weighted by atomic mass is 16.4. The van der Waals surface area contributed by atoms with Crippen LogP contribution in [0.5, 0.6) is 0 Å². The van der Waals surface area contributed by atoms with Crippen LogP contribution in [0.3, 0.4) is 0 Å². The molecule has 1 aromatic heterocycles. The van der Waals surface area contributed by atoms with Gasteiger partial charge < -0.3 is 15.3 Å². The smallest absolute Gasteiger partial charge is 0.326 e. The van der Waals surface area contributed by atoms with Gasteiger partial charge in [-0.05, 0) is 31.2 Å². The standard InChI is InChI=1S/C14H22N4O2/c1-10(2)12(13(19)20)16-11-6-7-15-14(17-11)18-8-4-3-5-9-18/h6-7,10,12H,3-5,8-9H2,1-2H3,(H,19,20)(H,15,16,17)/t12-/m1/s1. The summed E-state index contributed by atoms with van der Waals surface area (Å²) >= 11 is 0. The van der Waals surface area contributed by atoms with Crippen molar-refractivity contribution >= 4 is 17.7 Å². The third-order valence-corrected chi connectivity index (χ3v) is 3.52. The number of piperidine rings is 1. The molecule has 1 atom stereocenters. The minimum atomic E-state index is -0.863. The number of aromatic nitrogens is 2. The first-order valence-corrected chi connectivity index (χ1v) is 7.15. The molecular formula is C14H22N4O2. The van der Waals surface area contributed by atoms with E-state index in [1.807, 2.05) is 13.8 Å². The summed E-state index contributed by atoms with van der Waals surface area (Å²) in [6, 6.07) is 1.07. The number of aliphatic carboxylic acids is 1. The lowest BCUT2D eigenvalue weighted by Crippen LogP contribution is -2.35. The number of rotatable bonds is 5. The predicted octanol–water partition coefficient (Wildman–Crippen LogP) is 1.99. The van der Waals surface area contributed by atoms with E-state index in [4.69, 9.17) is 0 Å². The van der Waals surface area contributed by atoms with Gasteiger partial charge in [0.2, 0.25) is 5.95 Å². The van der Waals surface area contributed by atoms with E-state index in [1.54, 1.807) is 12.3 Å². The lowest BCUT2D eigenvalue weighted by atomic mass is 10.1. The highest BCUT2D eigenvalue weighted by Gasteiger charge is 2.22. The van der Waals surface area contributed by atoms with Crippen molar-refractivity contribution in [3.8, 4) is 0 Å². The van der Waals surface area contributed by atoms with Crippen LogP contribution in [0, 0.1) is 5.92 Å². The first-order valence-electron chi connectivity index (χ1n) is 7.15. The van der Waals surface area contributed by atoms with Crippen LogP contribution in [0.1, 0.15) is 33.1 Å². The van der Waals surface area contributed by atoms with Crippen molar-refractivity contribution in [2.45, 2.75) is 39.2 Å². The van der Waals surface area contributed by atoms with Crippen LogP contribution in [0.25, 0.3) is 0 Å². The summed E-state index contributed by atoms with van der Waals surface area (Å²) in [5, 5.41) is 12.2. The van der Waals surface area contributed by atoms with Crippen LogP contribution in [-0.2, 0) is 4.79 Å². The quantitative estimate of drug-likeness (QED) is 0.857. The molecule has 1 fully saturated rings. The fraction of sp³-hybridized carbons (Fsp3) is 0.643. The minimum absolute atomic E-state index is 0.0131. The van der Waals surface area contributed by atoms with Crippen molar-refractivity contribution in [2.24, 2.45) is 5.92 Å². The number of anilines is 2. The molecule has 0 aliphatic carbocycles. The van der Waals surface area contributed by atoms with Gasteiger partial charge in [-0.1, -0.05) is 13.8 Å². The van der Waals surface area contributed by atoms with Gasteiger partial charge >= 0.3 is 5.97 Å². The monoisotopic (exact) mass is 278 g/mol. The zero-order chi connectivity index (χ0) is 14.5. The van der Waals surface area contributed by atoms with Crippen LogP contribution in [0.2, 0.25) is 0 Å². The molecule has 0 saturated carbocycles. The maximum Gasteiger partial charge on any atom is 0.326 e. The van der Waals surface area contributed by atoms with Gasteiger partial charge in [-0.15, -0.1) is 0 Å². The van der Waals surface area contributed by atoms with Gasteiger partial charge in [0, 0.05) is 19.3 Å². The Bertz CT molecular complexity index is 458. The molecule has 2 N–H and O–H groups in total. The zero-order valence-corrected chi connectivity index (χ0v) is 12.0. The molecule has 6 heteroatoms. The average Bonchev–Trinajstić information content (AvgIpc) is 2.45. The van der Waals surface area contributed by atoms with Gasteiger partial charge in [0.05, 0.1) is 0 Å². The molecule has 0 amide bonds. The number of carboxylic acid groups (broad SMARTS) is 1. The molecule has 1 saturated heterocycles. The lowest BCUT2D eigenvalue weighted by Gasteiger charge is -2.27. The van der Waals surface area contributed by atoms with Gasteiger partial charge in [-0.3, -0.25) is 0 Å². The Morgan fingerprint density at radius 3 is 2.65 bits per heavy atom. The highest BCUT2D eigenvalue weighted by molar-refractivity contribution is 5.77. The maximum absolute atomic E-state index is 11.2. The van der Waals surface area contributed by atoms with Crippen molar-refractivity contribution < 1.29 is 9.90 Å². The van der Waals surface area contributed by atoms with Crippen LogP contribution in [-0.4, -0.2) is 40.2 Å². The molecule has 0 aromatic carbocycles. The Balaban J connectivity index is 2.10. The van der Waals surface area contributed by atoms with E-state index in [9.17, 15) is 9.90 Å². The lowest BCUT2D eigenvalue weighted by molar-refractivity contribution is -0.138. The van der Waals surface area contributed by atoms with Gasteiger partial charge in [0.25, 0.3) is 0 Å². The minimum Gasteiger partial charge on any atom is -0.480 e. The molecule has 0 radical (unpaired) electrons. The molecule has 1 aromatic rings. The van der Waals surface area contributed by atoms with Crippen molar-refractivity contribution in [3.63, 3.8) is 0 Å². The molecule has 0 unspecified atom stereocenters. The summed E-state index contributed by atoms with van der Waals surface area (Å²) in [4.78, 5) is 22.1. The number of nitrogens with one attached hydrogen (secondary N) is 1. The number of nitrogens with zero attached hydrogens (tertiary/aromatic N) is 3. The highest BCUT2D eigenvalue weighted by Crippen LogP contribution is 2.18. The summed E-state index contributed by atoms with van der Waals surface area (Å²) < 4.78 is 0. The molecule has 20 heavy (non-hydrogen) atoms. The Kier molecular flexibility index (Phi) is 4.76. The number of carboxylic acids is 1. The van der Waals surface area contributed by atoms with Crippen molar-refractivity contribution in [1.82, 2.24) is 9.97 Å². The topological polar surface area (TPSA) is 78.4 Å². The summed E-state index contributed by atoms with van der Waals surface area (Å²) in [7, 11) is 0. The molecule has 1 aliphatic heterocycles. The number of hydrogen-bond acceptors (Lipinski definition) is 5. The summed E-state index contributed by atoms with van der Waals surface area (Å²) in [5.41, 5.74) is 0. The van der Waals surface area contributed by atoms with Gasteiger partial charge in [-0.25, -0.2) is 9.78 Å². The van der Waals surface area contributed by atoms with Crippen molar-refractivity contribution in [1.29, 1.82) is 0 Å². The normalized spacial score (nSPS) is 17.1. The van der Waals surface area contributed by atoms with Gasteiger partial charge in [0.15, 0.2) is 0 Å². The van der Waals surface area contributed by atoms with E-state index in [1.165, 1.54) is 6.42 Å². The largest absolute Gasteiger partial charge is 0.480 e. The molecular weight excluding hydrogens is 256 g/mol. The Morgan fingerprint density at radius 1 is 1.35 bits per heavy atom. The molecule has 1 aliphatic rings. The molecule has 0 bridgehead atoms. The zero-order valence-electron chi connectivity index (χ0n) is 12.0. The van der Waals surface area contributed by atoms with Crippen LogP contribution >= 0.6 is 0 Å². The van der Waals surface area contributed by atoms with E-state index in [0.717, 1.165) is 25.9 Å². The average molecular weight is 278 g/mol. The van der Waals surface area contributed by atoms with E-state index >= 15 is 0 Å². The first-order chi connectivity index (χ1) is 9.58. The fourth-order valence-corrected chi connectivity index (χ4v) is 2.35. The molecule has 110 valence electrons. The fourth-order valence-electron chi connectivity index (χ4n) is 2.35. The second kappa shape index (κ2) is 6.54. The predicted molar refractivity (Wildman–Crippen MR) is 78.0 cm³/mol. The van der Waals surface area contributed by atoms with E-state index in [-0.39, 0.29) is 5.92 Å². The van der Waals surface area contributed by atoms with Gasteiger partial charge in [0.1, 0.15) is 11.9 Å². The summed E-state index contributed by atoms with van der Waals surface area (Å²) in [5.74, 6) is 0.378. The second-order valence-corrected chi connectivity index (χ2v) is 5.49. The molecule has 0 spiro atoms. The van der Waals surface area contributed by atoms with Crippen LogP contribution < -0.4 is 10.2 Å². The number of carbonyl (C=O) groups is 1. The van der Waals surface area contributed by atoms with Gasteiger partial charge in [-0.2, -0.15) is 4.98 Å². The van der Waals surface area contributed by atoms with Crippen molar-refractivity contribution in [3.05, 3.63) is 12.3 Å². The third-order valence-electron chi connectivity index (χ3n) is 3.52. The second-order valence-electron chi connectivity index (χ2n) is 5.49. The SMILES string of the molecule is CC(C)[C@@H](Nc1ccnc(N2CCCCC2)n1)C(=O)O.